The van der Waals surface area contributed by atoms with Crippen LogP contribution in [0.4, 0.5) is 0 Å². The van der Waals surface area contributed by atoms with Gasteiger partial charge in [0, 0.05) is 26.1 Å². The maximum Gasteiger partial charge on any atom is 0.151 e. The first-order valence-corrected chi connectivity index (χ1v) is 7.31. The van der Waals surface area contributed by atoms with Crippen molar-refractivity contribution in [3.63, 3.8) is 0 Å². The van der Waals surface area contributed by atoms with Crippen molar-refractivity contribution < 1.29 is 4.74 Å². The Morgan fingerprint density at radius 1 is 1.45 bits per heavy atom. The minimum atomic E-state index is 0.265. The zero-order valence-electron chi connectivity index (χ0n) is 11.9. The van der Waals surface area contributed by atoms with Crippen molar-refractivity contribution in [3.05, 3.63) is 40.4 Å². The molecule has 0 radical (unpaired) electrons. The van der Waals surface area contributed by atoms with Crippen LogP contribution in [0.25, 0.3) is 0 Å². The molecule has 108 valence electrons. The molecule has 5 nitrogen and oxygen atoms in total. The van der Waals surface area contributed by atoms with Crippen molar-refractivity contribution in [2.45, 2.75) is 19.4 Å². The summed E-state index contributed by atoms with van der Waals surface area (Å²) in [6, 6.07) is 6.38. The fourth-order valence-corrected chi connectivity index (χ4v) is 2.53. The second-order valence-corrected chi connectivity index (χ2v) is 5.51. The molecule has 1 aromatic heterocycles. The zero-order chi connectivity index (χ0) is 14.5. The van der Waals surface area contributed by atoms with Gasteiger partial charge in [-0.05, 0) is 40.5 Å². The Labute approximate surface area is 127 Å². The summed E-state index contributed by atoms with van der Waals surface area (Å²) in [6.07, 6.45) is 2.54. The third-order valence-corrected chi connectivity index (χ3v) is 3.74. The van der Waals surface area contributed by atoms with E-state index in [-0.39, 0.29) is 6.04 Å². The summed E-state index contributed by atoms with van der Waals surface area (Å²) >= 11 is 3.51. The molecule has 0 aliphatic carbocycles. The van der Waals surface area contributed by atoms with Gasteiger partial charge in [0.05, 0.1) is 11.6 Å². The van der Waals surface area contributed by atoms with Gasteiger partial charge < -0.3 is 10.1 Å². The number of aryl methyl sites for hydroxylation is 1. The number of nitrogens with one attached hydrogen (secondary N) is 1. The molecule has 6 heteroatoms. The van der Waals surface area contributed by atoms with Crippen LogP contribution in [-0.4, -0.2) is 28.4 Å². The molecule has 1 aromatic carbocycles. The average Bonchev–Trinajstić information content (AvgIpc) is 2.84. The van der Waals surface area contributed by atoms with Crippen molar-refractivity contribution in [3.8, 4) is 5.75 Å². The summed E-state index contributed by atoms with van der Waals surface area (Å²) in [4.78, 5) is 4.21. The molecule has 0 bridgehead atoms. The molecule has 0 fully saturated rings. The molecular formula is C14H19BrN4O. The van der Waals surface area contributed by atoms with Crippen molar-refractivity contribution in [2.75, 3.05) is 13.7 Å². The van der Waals surface area contributed by atoms with Crippen LogP contribution in [0.5, 0.6) is 5.75 Å². The zero-order valence-corrected chi connectivity index (χ0v) is 13.5. The Bertz CT molecular complexity index is 570. The fourth-order valence-electron chi connectivity index (χ4n) is 1.97. The lowest BCUT2D eigenvalue weighted by Gasteiger charge is -2.15. The predicted octanol–water partition coefficient (Wildman–Crippen LogP) is 2.48. The minimum absolute atomic E-state index is 0.265. The Morgan fingerprint density at radius 3 is 2.85 bits per heavy atom. The molecule has 0 amide bonds. The maximum absolute atomic E-state index is 5.23. The molecule has 1 atom stereocenters. The molecule has 0 saturated heterocycles. The highest BCUT2D eigenvalue weighted by Crippen LogP contribution is 2.27. The molecule has 1 N–H and O–H groups in total. The number of methoxy groups -OCH3 is 1. The van der Waals surface area contributed by atoms with E-state index < -0.39 is 0 Å². The number of halogens is 1. The molecular weight excluding hydrogens is 320 g/mol. The van der Waals surface area contributed by atoms with Crippen molar-refractivity contribution in [2.24, 2.45) is 7.05 Å². The Balaban J connectivity index is 1.88. The molecule has 0 aliphatic rings. The minimum Gasteiger partial charge on any atom is -0.496 e. The van der Waals surface area contributed by atoms with E-state index in [1.54, 1.807) is 18.1 Å². The Hall–Kier alpha value is -1.40. The largest absolute Gasteiger partial charge is 0.496 e. The van der Waals surface area contributed by atoms with Crippen LogP contribution < -0.4 is 10.1 Å². The van der Waals surface area contributed by atoms with Crippen molar-refractivity contribution >= 4 is 15.9 Å². The summed E-state index contributed by atoms with van der Waals surface area (Å²) in [5, 5.41) is 7.73. The summed E-state index contributed by atoms with van der Waals surface area (Å²) in [7, 11) is 3.54. The number of hydrogen-bond acceptors (Lipinski definition) is 4. The first kappa shape index (κ1) is 15.0. The summed E-state index contributed by atoms with van der Waals surface area (Å²) in [5.41, 5.74) is 1.21. The number of benzene rings is 1. The van der Waals surface area contributed by atoms with Crippen LogP contribution >= 0.6 is 15.9 Å². The summed E-state index contributed by atoms with van der Waals surface area (Å²) in [5.74, 6) is 1.71. The highest BCUT2D eigenvalue weighted by molar-refractivity contribution is 9.10. The SMILES string of the molecule is COc1ccc(C(C)NCCc2ncn(C)n2)cc1Br. The van der Waals surface area contributed by atoms with Gasteiger partial charge in [-0.2, -0.15) is 5.10 Å². The molecule has 2 aromatic rings. The molecule has 1 heterocycles. The number of nitrogens with zero attached hydrogens (tertiary/aromatic N) is 3. The van der Waals surface area contributed by atoms with Crippen molar-refractivity contribution in [1.29, 1.82) is 0 Å². The fraction of sp³-hybridized carbons (Fsp3) is 0.429. The van der Waals surface area contributed by atoms with Gasteiger partial charge in [0.15, 0.2) is 5.82 Å². The number of aromatic nitrogens is 3. The predicted molar refractivity (Wildman–Crippen MR) is 81.8 cm³/mol. The van der Waals surface area contributed by atoms with Gasteiger partial charge in [-0.3, -0.25) is 4.68 Å². The second-order valence-electron chi connectivity index (χ2n) is 4.65. The lowest BCUT2D eigenvalue weighted by Crippen LogP contribution is -2.21. The van der Waals surface area contributed by atoms with E-state index in [1.165, 1.54) is 5.56 Å². The van der Waals surface area contributed by atoms with Gasteiger partial charge in [-0.25, -0.2) is 4.98 Å². The highest BCUT2D eigenvalue weighted by atomic mass is 79.9. The molecule has 20 heavy (non-hydrogen) atoms. The summed E-state index contributed by atoms with van der Waals surface area (Å²) < 4.78 is 7.93. The molecule has 2 rings (SSSR count). The van der Waals surface area contributed by atoms with Gasteiger partial charge in [-0.15, -0.1) is 0 Å². The third-order valence-electron chi connectivity index (χ3n) is 3.12. The summed E-state index contributed by atoms with van der Waals surface area (Å²) in [6.45, 7) is 2.98. The molecule has 0 saturated carbocycles. The van der Waals surface area contributed by atoms with Crippen LogP contribution in [0, 0.1) is 0 Å². The Morgan fingerprint density at radius 2 is 2.25 bits per heavy atom. The maximum atomic E-state index is 5.23. The van der Waals surface area contributed by atoms with Gasteiger partial charge in [-0.1, -0.05) is 6.07 Å². The molecule has 1 unspecified atom stereocenters. The third kappa shape index (κ3) is 3.80. The van der Waals surface area contributed by atoms with E-state index in [2.05, 4.69) is 50.4 Å². The van der Waals surface area contributed by atoms with E-state index in [9.17, 15) is 0 Å². The first-order valence-electron chi connectivity index (χ1n) is 6.51. The number of ether oxygens (including phenoxy) is 1. The van der Waals surface area contributed by atoms with Gasteiger partial charge in [0.1, 0.15) is 12.1 Å². The second kappa shape index (κ2) is 6.85. The molecule has 0 spiro atoms. The van der Waals surface area contributed by atoms with E-state index in [0.717, 1.165) is 29.0 Å². The Kier molecular flexibility index (Phi) is 5.14. The van der Waals surface area contributed by atoms with Gasteiger partial charge in [0.25, 0.3) is 0 Å². The quantitative estimate of drug-likeness (QED) is 0.879. The molecule has 0 aliphatic heterocycles. The van der Waals surface area contributed by atoms with Crippen LogP contribution in [0.2, 0.25) is 0 Å². The number of hydrogen-bond donors (Lipinski definition) is 1. The van der Waals surface area contributed by atoms with Crippen LogP contribution in [0.3, 0.4) is 0 Å². The van der Waals surface area contributed by atoms with E-state index >= 15 is 0 Å². The monoisotopic (exact) mass is 338 g/mol. The highest BCUT2D eigenvalue weighted by Gasteiger charge is 2.08. The first-order chi connectivity index (χ1) is 9.60. The lowest BCUT2D eigenvalue weighted by molar-refractivity contribution is 0.411. The smallest absolute Gasteiger partial charge is 0.151 e. The topological polar surface area (TPSA) is 52.0 Å². The van der Waals surface area contributed by atoms with Gasteiger partial charge >= 0.3 is 0 Å². The van der Waals surface area contributed by atoms with E-state index in [1.807, 2.05) is 13.1 Å². The van der Waals surface area contributed by atoms with Gasteiger partial charge in [0.2, 0.25) is 0 Å². The number of rotatable bonds is 6. The van der Waals surface area contributed by atoms with E-state index in [0.29, 0.717) is 0 Å². The van der Waals surface area contributed by atoms with Crippen LogP contribution in [0.15, 0.2) is 29.0 Å². The van der Waals surface area contributed by atoms with E-state index in [4.69, 9.17) is 4.74 Å². The van der Waals surface area contributed by atoms with Crippen LogP contribution in [-0.2, 0) is 13.5 Å². The average molecular weight is 339 g/mol. The van der Waals surface area contributed by atoms with Crippen molar-refractivity contribution in [1.82, 2.24) is 20.1 Å². The lowest BCUT2D eigenvalue weighted by atomic mass is 10.1. The normalized spacial score (nSPS) is 12.4. The standard InChI is InChI=1S/C14H19BrN4O/c1-10(11-4-5-13(20-3)12(15)8-11)16-7-6-14-17-9-19(2)18-14/h4-5,8-10,16H,6-7H2,1-3H3. The van der Waals surface area contributed by atoms with Crippen LogP contribution in [0.1, 0.15) is 24.4 Å².